The van der Waals surface area contributed by atoms with Gasteiger partial charge in [-0.15, -0.1) is 0 Å². The zero-order chi connectivity index (χ0) is 20.1. The van der Waals surface area contributed by atoms with Crippen molar-refractivity contribution in [3.63, 3.8) is 0 Å². The van der Waals surface area contributed by atoms with Crippen molar-refractivity contribution in [2.75, 3.05) is 32.1 Å². The van der Waals surface area contributed by atoms with E-state index in [2.05, 4.69) is 30.9 Å². The average molecular weight is 395 g/mol. The molecule has 0 saturated heterocycles. The number of fused-ring (bicyclic) bond motifs is 2. The van der Waals surface area contributed by atoms with Crippen molar-refractivity contribution in [2.45, 2.75) is 13.0 Å². The molecule has 0 spiro atoms. The molecule has 0 unspecified atom stereocenters. The van der Waals surface area contributed by atoms with Gasteiger partial charge in [0.1, 0.15) is 17.8 Å². The highest BCUT2D eigenvalue weighted by molar-refractivity contribution is 5.87. The Kier molecular flexibility index (Phi) is 5.61. The predicted octanol–water partition coefficient (Wildman–Crippen LogP) is 1.38. The van der Waals surface area contributed by atoms with E-state index in [1.54, 1.807) is 18.0 Å². The van der Waals surface area contributed by atoms with Crippen molar-refractivity contribution in [1.29, 1.82) is 0 Å². The third-order valence-electron chi connectivity index (χ3n) is 4.46. The molecule has 0 aliphatic heterocycles. The van der Waals surface area contributed by atoms with Crippen LogP contribution in [0.4, 0.5) is 5.82 Å². The van der Waals surface area contributed by atoms with E-state index in [-0.39, 0.29) is 12.3 Å². The molecule has 1 aromatic carbocycles. The number of hydrogen-bond donors (Lipinski definition) is 2. The van der Waals surface area contributed by atoms with Crippen molar-refractivity contribution in [3.8, 4) is 0 Å². The van der Waals surface area contributed by atoms with Crippen molar-refractivity contribution < 1.29 is 14.1 Å². The number of carbonyl (C=O) groups excluding carboxylic acids is 1. The van der Waals surface area contributed by atoms with Crippen molar-refractivity contribution in [1.82, 2.24) is 30.2 Å². The molecule has 0 aliphatic rings. The number of ether oxygens (including phenoxy) is 1. The normalized spacial score (nSPS) is 11.2. The molecule has 150 valence electrons. The van der Waals surface area contributed by atoms with Gasteiger partial charge in [-0.1, -0.05) is 17.3 Å². The molecule has 3 heterocycles. The average Bonchev–Trinajstić information content (AvgIpc) is 3.33. The van der Waals surface area contributed by atoms with Crippen LogP contribution in [-0.2, 0) is 22.5 Å². The molecule has 3 aromatic heterocycles. The van der Waals surface area contributed by atoms with Crippen molar-refractivity contribution >= 4 is 33.7 Å². The third kappa shape index (κ3) is 4.16. The van der Waals surface area contributed by atoms with Gasteiger partial charge >= 0.3 is 0 Å². The molecule has 29 heavy (non-hydrogen) atoms. The number of aromatic nitrogens is 5. The number of nitrogens with zero attached hydrogens (tertiary/aromatic N) is 5. The van der Waals surface area contributed by atoms with Gasteiger partial charge in [-0.25, -0.2) is 14.6 Å². The van der Waals surface area contributed by atoms with Crippen molar-refractivity contribution in [2.24, 2.45) is 0 Å². The van der Waals surface area contributed by atoms with Crippen LogP contribution in [0.1, 0.15) is 5.69 Å². The first-order valence-corrected chi connectivity index (χ1v) is 9.25. The lowest BCUT2D eigenvalue weighted by Gasteiger charge is -2.07. The summed E-state index contributed by atoms with van der Waals surface area (Å²) in [5.74, 6) is 0.581. The lowest BCUT2D eigenvalue weighted by molar-refractivity contribution is -0.120. The zero-order valence-electron chi connectivity index (χ0n) is 16.0. The Morgan fingerprint density at radius 1 is 1.21 bits per heavy atom. The van der Waals surface area contributed by atoms with Crippen LogP contribution in [0.25, 0.3) is 22.0 Å². The van der Waals surface area contributed by atoms with Crippen LogP contribution in [-0.4, -0.2) is 57.6 Å². The zero-order valence-corrected chi connectivity index (χ0v) is 16.0. The Balaban J connectivity index is 1.35. The summed E-state index contributed by atoms with van der Waals surface area (Å²) in [5.41, 5.74) is 2.01. The molecule has 10 nitrogen and oxygen atoms in total. The lowest BCUT2D eigenvalue weighted by atomic mass is 10.1. The maximum atomic E-state index is 12.3. The van der Waals surface area contributed by atoms with Gasteiger partial charge in [-0.3, -0.25) is 4.79 Å². The molecule has 0 fully saturated rings. The van der Waals surface area contributed by atoms with Crippen LogP contribution in [0.5, 0.6) is 0 Å². The van der Waals surface area contributed by atoms with Gasteiger partial charge in [0, 0.05) is 25.6 Å². The minimum atomic E-state index is -0.128. The lowest BCUT2D eigenvalue weighted by Crippen LogP contribution is -2.29. The summed E-state index contributed by atoms with van der Waals surface area (Å²) in [6.45, 7) is 2.12. The molecule has 0 aliphatic carbocycles. The highest BCUT2D eigenvalue weighted by Crippen LogP contribution is 2.19. The van der Waals surface area contributed by atoms with Crippen molar-refractivity contribution in [3.05, 3.63) is 42.5 Å². The number of rotatable bonds is 9. The quantitative estimate of drug-likeness (QED) is 0.408. The highest BCUT2D eigenvalue weighted by atomic mass is 16.5. The summed E-state index contributed by atoms with van der Waals surface area (Å²) in [4.78, 5) is 20.8. The Hall–Kier alpha value is -3.53. The second-order valence-corrected chi connectivity index (χ2v) is 6.40. The molecule has 4 rings (SSSR count). The summed E-state index contributed by atoms with van der Waals surface area (Å²) in [6, 6.07) is 7.48. The van der Waals surface area contributed by atoms with E-state index >= 15 is 0 Å². The molecule has 10 heteroatoms. The number of carbonyl (C=O) groups is 1. The number of methoxy groups -OCH3 is 1. The molecule has 0 atom stereocenters. The molecule has 0 radical (unpaired) electrons. The topological polar surface area (TPSA) is 120 Å². The van der Waals surface area contributed by atoms with Gasteiger partial charge in [-0.05, 0) is 12.1 Å². The molecular weight excluding hydrogens is 374 g/mol. The summed E-state index contributed by atoms with van der Waals surface area (Å²) < 4.78 is 12.0. The van der Waals surface area contributed by atoms with Gasteiger partial charge in [0.2, 0.25) is 5.91 Å². The van der Waals surface area contributed by atoms with Gasteiger partial charge < -0.3 is 19.9 Å². The fourth-order valence-corrected chi connectivity index (χ4v) is 3.05. The second kappa shape index (κ2) is 8.65. The first-order valence-electron chi connectivity index (χ1n) is 9.25. The van der Waals surface area contributed by atoms with Crippen LogP contribution in [0.2, 0.25) is 0 Å². The van der Waals surface area contributed by atoms with Gasteiger partial charge in [-0.2, -0.15) is 5.10 Å². The number of benzene rings is 1. The molecule has 4 aromatic rings. The third-order valence-corrected chi connectivity index (χ3v) is 4.46. The number of nitrogens with one attached hydrogen (secondary N) is 2. The van der Waals surface area contributed by atoms with Crippen LogP contribution in [0.15, 0.2) is 41.3 Å². The Labute approximate surface area is 166 Å². The highest BCUT2D eigenvalue weighted by Gasteiger charge is 2.13. The largest absolute Gasteiger partial charge is 0.383 e. The molecule has 2 N–H and O–H groups in total. The van der Waals surface area contributed by atoms with Crippen LogP contribution < -0.4 is 10.6 Å². The number of anilines is 1. The van der Waals surface area contributed by atoms with E-state index < -0.39 is 0 Å². The van der Waals surface area contributed by atoms with E-state index in [9.17, 15) is 4.79 Å². The van der Waals surface area contributed by atoms with E-state index in [4.69, 9.17) is 9.26 Å². The van der Waals surface area contributed by atoms with Gasteiger partial charge in [0.15, 0.2) is 11.2 Å². The van der Waals surface area contributed by atoms with E-state index in [1.807, 2.05) is 24.3 Å². The number of para-hydroxylation sites is 1. The molecular formula is C19H21N7O3. The summed E-state index contributed by atoms with van der Waals surface area (Å²) >= 11 is 0. The number of amides is 1. The molecule has 0 bridgehead atoms. The minimum Gasteiger partial charge on any atom is -0.383 e. The second-order valence-electron chi connectivity index (χ2n) is 6.40. The maximum absolute atomic E-state index is 12.3. The molecule has 0 saturated carbocycles. The van der Waals surface area contributed by atoms with E-state index in [0.29, 0.717) is 49.0 Å². The summed E-state index contributed by atoms with van der Waals surface area (Å²) in [6.07, 6.45) is 3.37. The summed E-state index contributed by atoms with van der Waals surface area (Å²) in [7, 11) is 1.65. The van der Waals surface area contributed by atoms with Gasteiger partial charge in [0.05, 0.1) is 31.2 Å². The van der Waals surface area contributed by atoms with Crippen LogP contribution in [0.3, 0.4) is 0 Å². The fraction of sp³-hybridized carbons (Fsp3) is 0.316. The van der Waals surface area contributed by atoms with E-state index in [1.165, 1.54) is 6.33 Å². The van der Waals surface area contributed by atoms with Crippen LogP contribution in [0, 0.1) is 0 Å². The maximum Gasteiger partial charge on any atom is 0.226 e. The SMILES string of the molecule is COCCNc1ncnc2c1cnn2CCNC(=O)Cc1noc2ccccc12. The van der Waals surface area contributed by atoms with Gasteiger partial charge in [0.25, 0.3) is 0 Å². The number of hydrogen-bond acceptors (Lipinski definition) is 8. The first kappa shape index (κ1) is 18.8. The monoisotopic (exact) mass is 395 g/mol. The Morgan fingerprint density at radius 3 is 3.00 bits per heavy atom. The molecule has 1 amide bonds. The smallest absolute Gasteiger partial charge is 0.226 e. The summed E-state index contributed by atoms with van der Waals surface area (Å²) in [5, 5.41) is 16.1. The Morgan fingerprint density at radius 2 is 2.10 bits per heavy atom. The predicted molar refractivity (Wildman–Crippen MR) is 106 cm³/mol. The van der Waals surface area contributed by atoms with E-state index in [0.717, 1.165) is 10.8 Å². The minimum absolute atomic E-state index is 0.128. The fourth-order valence-electron chi connectivity index (χ4n) is 3.05. The van der Waals surface area contributed by atoms with Crippen LogP contribution >= 0.6 is 0 Å². The first-order chi connectivity index (χ1) is 14.3. The Bertz CT molecular complexity index is 1120. The standard InChI is InChI=1S/C19H21N7O3/c1-28-9-7-21-18-14-11-24-26(19(14)23-12-22-18)8-6-20-17(27)10-15-13-4-2-3-5-16(13)29-25-15/h2-5,11-12H,6-10H2,1H3,(H,20,27)(H,21,22,23).